The second-order valence-electron chi connectivity index (χ2n) is 8.79. The summed E-state index contributed by atoms with van der Waals surface area (Å²) in [6, 6.07) is 13.4. The van der Waals surface area contributed by atoms with Gasteiger partial charge in [-0.15, -0.1) is 11.3 Å². The normalized spacial score (nSPS) is 14.9. The van der Waals surface area contributed by atoms with Crippen LogP contribution in [-0.2, 0) is 6.32 Å². The van der Waals surface area contributed by atoms with Crippen molar-refractivity contribution in [1.29, 1.82) is 0 Å². The van der Waals surface area contributed by atoms with Crippen LogP contribution in [0.3, 0.4) is 0 Å². The molecule has 1 aromatic carbocycles. The second-order valence-corrected chi connectivity index (χ2v) is 9.77. The number of thiophene rings is 1. The molecule has 0 amide bonds. The molecule has 0 radical (unpaired) electrons. The summed E-state index contributed by atoms with van der Waals surface area (Å²) >= 11 is 1.89. The molecule has 0 fully saturated rings. The number of nitrogens with zero attached hydrogens (tertiary/aromatic N) is 5. The molecule has 1 aliphatic rings. The fourth-order valence-corrected chi connectivity index (χ4v) is 5.24. The molecule has 3 heterocycles. The van der Waals surface area contributed by atoms with Gasteiger partial charge in [0.15, 0.2) is 0 Å². The number of hydrogen-bond acceptors (Lipinski definition) is 6. The van der Waals surface area contributed by atoms with Crippen LogP contribution < -0.4 is 9.80 Å². The summed E-state index contributed by atoms with van der Waals surface area (Å²) in [5, 5.41) is 2.20. The van der Waals surface area contributed by atoms with Crippen LogP contribution in [0.15, 0.2) is 60.9 Å². The predicted octanol–water partition coefficient (Wildman–Crippen LogP) is 4.09. The number of rotatable bonds is 8. The second kappa shape index (κ2) is 10.3. The molecule has 0 saturated carbocycles. The molecule has 3 aromatic rings. The summed E-state index contributed by atoms with van der Waals surface area (Å²) in [4.78, 5) is 17.0. The Morgan fingerprint density at radius 3 is 2.88 bits per heavy atom. The average molecular weight is 445 g/mol. The van der Waals surface area contributed by atoms with Crippen molar-refractivity contribution in [2.45, 2.75) is 18.6 Å². The van der Waals surface area contributed by atoms with Crippen LogP contribution in [0.5, 0.6) is 0 Å². The van der Waals surface area contributed by atoms with Crippen LogP contribution in [0.25, 0.3) is 5.70 Å². The van der Waals surface area contributed by atoms with Crippen LogP contribution in [0, 0.1) is 0 Å². The van der Waals surface area contributed by atoms with Crippen LogP contribution in [-0.4, -0.2) is 62.9 Å². The maximum Gasteiger partial charge on any atom is 0.141 e. The van der Waals surface area contributed by atoms with E-state index in [2.05, 4.69) is 94.2 Å². The SMILES string of the molecule is C=C1c2cncnc2N(C)CCN1c1cccc(CBC(CCN(C)C)c2cccs2)c1. The van der Waals surface area contributed by atoms with Crippen molar-refractivity contribution in [3.05, 3.63) is 76.9 Å². The zero-order valence-corrected chi connectivity index (χ0v) is 20.2. The van der Waals surface area contributed by atoms with Gasteiger partial charge in [0, 0.05) is 42.6 Å². The number of likely N-dealkylation sites (N-methyl/N-ethyl adjacent to an activating group) is 1. The molecule has 7 heteroatoms. The standard InChI is InChI=1S/C25H32BN5S/c1-19-22-17-27-18-28-25(22)30(4)12-13-31(19)21-8-5-7-20(15-21)16-26-23(10-11-29(2)3)24-9-6-14-32-24/h5-9,14-15,17-18,23,26H,1,10-13,16H2,2-4H3. The minimum absolute atomic E-state index is 0.604. The molecular formula is C25H32BN5S. The van der Waals surface area contributed by atoms with Crippen molar-refractivity contribution in [1.82, 2.24) is 14.9 Å². The number of aromatic nitrogens is 2. The lowest BCUT2D eigenvalue weighted by Gasteiger charge is -2.25. The summed E-state index contributed by atoms with van der Waals surface area (Å²) < 4.78 is 0. The molecule has 0 spiro atoms. The van der Waals surface area contributed by atoms with Crippen LogP contribution >= 0.6 is 11.3 Å². The minimum atomic E-state index is 0.604. The molecule has 32 heavy (non-hydrogen) atoms. The Hall–Kier alpha value is -2.64. The first-order valence-electron chi connectivity index (χ1n) is 11.3. The van der Waals surface area contributed by atoms with E-state index in [0.29, 0.717) is 5.82 Å². The fourth-order valence-electron chi connectivity index (χ4n) is 4.34. The minimum Gasteiger partial charge on any atom is -0.357 e. The zero-order chi connectivity index (χ0) is 22.5. The first-order valence-corrected chi connectivity index (χ1v) is 12.2. The van der Waals surface area contributed by atoms with Crippen LogP contribution in [0.4, 0.5) is 11.5 Å². The largest absolute Gasteiger partial charge is 0.357 e. The lowest BCUT2D eigenvalue weighted by Crippen LogP contribution is -2.28. The van der Waals surface area contributed by atoms with E-state index in [-0.39, 0.29) is 0 Å². The van der Waals surface area contributed by atoms with Crippen molar-refractivity contribution in [3.8, 4) is 0 Å². The van der Waals surface area contributed by atoms with Crippen molar-refractivity contribution in [2.75, 3.05) is 50.6 Å². The number of hydrogen-bond donors (Lipinski definition) is 0. The van der Waals surface area contributed by atoms with Crippen LogP contribution in [0.1, 0.15) is 28.2 Å². The lowest BCUT2D eigenvalue weighted by molar-refractivity contribution is 0.397. The maximum atomic E-state index is 4.48. The quantitative estimate of drug-likeness (QED) is 0.488. The van der Waals surface area contributed by atoms with Gasteiger partial charge in [-0.05, 0) is 56.5 Å². The highest BCUT2D eigenvalue weighted by Crippen LogP contribution is 2.32. The Bertz CT molecular complexity index is 1040. The Morgan fingerprint density at radius 1 is 1.22 bits per heavy atom. The van der Waals surface area contributed by atoms with E-state index in [0.717, 1.165) is 50.3 Å². The predicted molar refractivity (Wildman–Crippen MR) is 139 cm³/mol. The van der Waals surface area contributed by atoms with Gasteiger partial charge in [0.25, 0.3) is 0 Å². The Morgan fingerprint density at radius 2 is 2.09 bits per heavy atom. The van der Waals surface area contributed by atoms with E-state index >= 15 is 0 Å². The van der Waals surface area contributed by atoms with E-state index < -0.39 is 0 Å². The van der Waals surface area contributed by atoms with Gasteiger partial charge in [-0.2, -0.15) is 0 Å². The van der Waals surface area contributed by atoms with Gasteiger partial charge in [0.2, 0.25) is 0 Å². The topological polar surface area (TPSA) is 35.5 Å². The van der Waals surface area contributed by atoms with E-state index in [9.17, 15) is 0 Å². The van der Waals surface area contributed by atoms with E-state index in [4.69, 9.17) is 0 Å². The molecule has 0 N–H and O–H groups in total. The van der Waals surface area contributed by atoms with Crippen molar-refractivity contribution in [2.24, 2.45) is 0 Å². The average Bonchev–Trinajstić information content (AvgIpc) is 3.30. The number of fused-ring (bicyclic) bond motifs is 1. The molecule has 1 aliphatic heterocycles. The van der Waals surface area contributed by atoms with Gasteiger partial charge in [-0.25, -0.2) is 9.97 Å². The lowest BCUT2D eigenvalue weighted by atomic mass is 9.58. The molecule has 0 aliphatic carbocycles. The van der Waals surface area contributed by atoms with Gasteiger partial charge in [0.05, 0.1) is 5.56 Å². The van der Waals surface area contributed by atoms with Gasteiger partial charge in [-0.1, -0.05) is 36.7 Å². The Kier molecular flexibility index (Phi) is 7.27. The Labute approximate surface area is 196 Å². The molecule has 2 aromatic heterocycles. The molecule has 0 bridgehead atoms. The van der Waals surface area contributed by atoms with Gasteiger partial charge in [-0.3, -0.25) is 0 Å². The highest BCUT2D eigenvalue weighted by Gasteiger charge is 2.23. The smallest absolute Gasteiger partial charge is 0.141 e. The summed E-state index contributed by atoms with van der Waals surface area (Å²) in [7, 11) is 7.56. The van der Waals surface area contributed by atoms with E-state index in [1.165, 1.54) is 22.5 Å². The maximum absolute atomic E-state index is 4.48. The monoisotopic (exact) mass is 445 g/mol. The third-order valence-electron chi connectivity index (χ3n) is 6.22. The molecular weight excluding hydrogens is 413 g/mol. The van der Waals surface area contributed by atoms with Crippen molar-refractivity contribution >= 4 is 35.8 Å². The summed E-state index contributed by atoms with van der Waals surface area (Å²) in [5.74, 6) is 1.55. The molecule has 4 rings (SSSR count). The van der Waals surface area contributed by atoms with Gasteiger partial charge >= 0.3 is 0 Å². The van der Waals surface area contributed by atoms with Crippen molar-refractivity contribution in [3.63, 3.8) is 0 Å². The number of benzene rings is 1. The van der Waals surface area contributed by atoms with Gasteiger partial charge in [0.1, 0.15) is 19.4 Å². The number of anilines is 2. The zero-order valence-electron chi connectivity index (χ0n) is 19.4. The highest BCUT2D eigenvalue weighted by molar-refractivity contribution is 7.10. The molecule has 166 valence electrons. The van der Waals surface area contributed by atoms with E-state index in [1.54, 1.807) is 6.33 Å². The highest BCUT2D eigenvalue weighted by atomic mass is 32.1. The summed E-state index contributed by atoms with van der Waals surface area (Å²) in [6.07, 6.45) is 5.75. The third kappa shape index (κ3) is 5.22. The third-order valence-corrected chi connectivity index (χ3v) is 7.26. The first-order chi connectivity index (χ1) is 15.5. The first kappa shape index (κ1) is 22.6. The molecule has 1 unspecified atom stereocenters. The summed E-state index contributed by atoms with van der Waals surface area (Å²) in [6.45, 7) is 7.28. The molecule has 0 saturated heterocycles. The molecule has 5 nitrogen and oxygen atoms in total. The van der Waals surface area contributed by atoms with Gasteiger partial charge < -0.3 is 14.7 Å². The van der Waals surface area contributed by atoms with E-state index in [1.807, 2.05) is 17.5 Å². The molecule has 1 atom stereocenters. The fraction of sp³-hybridized carbons (Fsp3) is 0.360. The Balaban J connectivity index is 1.50. The summed E-state index contributed by atoms with van der Waals surface area (Å²) in [5.41, 5.74) is 4.53. The van der Waals surface area contributed by atoms with Crippen molar-refractivity contribution < 1.29 is 0 Å². The van der Waals surface area contributed by atoms with Crippen LogP contribution in [0.2, 0.25) is 0 Å².